The number of rotatable bonds is 13. The van der Waals surface area contributed by atoms with Gasteiger partial charge >= 0.3 is 5.97 Å². The molecule has 0 bridgehead atoms. The Balaban J connectivity index is 1.26. The molecule has 0 saturated carbocycles. The van der Waals surface area contributed by atoms with Crippen molar-refractivity contribution in [3.63, 3.8) is 0 Å². The number of thioether (sulfide) groups is 1. The largest absolute Gasteiger partial charge is 0.465 e. The molecule has 0 saturated heterocycles. The molecule has 10 nitrogen and oxygen atoms in total. The van der Waals surface area contributed by atoms with Crippen molar-refractivity contribution in [2.24, 2.45) is 0 Å². The van der Waals surface area contributed by atoms with E-state index in [1.54, 1.807) is 85.8 Å². The molecule has 0 spiro atoms. The molecule has 57 heavy (non-hydrogen) atoms. The Kier molecular flexibility index (Phi) is 13.1. The summed E-state index contributed by atoms with van der Waals surface area (Å²) in [5.41, 5.74) is 4.27. The zero-order chi connectivity index (χ0) is 40.3. The van der Waals surface area contributed by atoms with Crippen LogP contribution in [0.15, 0.2) is 150 Å². The number of benzene rings is 5. The lowest BCUT2D eigenvalue weighted by Gasteiger charge is -2.18. The number of thiophene rings is 1. The van der Waals surface area contributed by atoms with Crippen LogP contribution in [0, 0.1) is 13.8 Å². The molecular formula is C45H38N4O6S2. The molecule has 6 aromatic rings. The first-order valence-corrected chi connectivity index (χ1v) is 19.5. The van der Waals surface area contributed by atoms with Crippen LogP contribution >= 0.6 is 23.1 Å². The molecule has 12 heteroatoms. The molecule has 286 valence electrons. The van der Waals surface area contributed by atoms with Gasteiger partial charge in [-0.25, -0.2) is 4.79 Å². The van der Waals surface area contributed by atoms with Gasteiger partial charge in [-0.15, -0.1) is 23.1 Å². The SMILES string of the molecule is COC(=O)c1c(NC(=O)C(Sc2cccc(NC(=O)/C(=C/c3ccccc3C)NC(=O)c3ccccc3)c2)c2ccccc2)sc(C(=O)Nc2ccccc2)c1C. The van der Waals surface area contributed by atoms with Gasteiger partial charge in [0.1, 0.15) is 15.9 Å². The van der Waals surface area contributed by atoms with Crippen LogP contribution in [0.2, 0.25) is 0 Å². The molecule has 1 heterocycles. The summed E-state index contributed by atoms with van der Waals surface area (Å²) < 4.78 is 5.05. The second-order valence-electron chi connectivity index (χ2n) is 12.7. The maximum atomic E-state index is 14.2. The van der Waals surface area contributed by atoms with E-state index in [1.165, 1.54) is 18.9 Å². The van der Waals surface area contributed by atoms with Crippen molar-refractivity contribution in [3.05, 3.63) is 183 Å². The number of anilines is 3. The molecule has 1 atom stereocenters. The van der Waals surface area contributed by atoms with Gasteiger partial charge in [0.2, 0.25) is 5.91 Å². The first-order valence-electron chi connectivity index (χ1n) is 17.8. The molecule has 4 amide bonds. The van der Waals surface area contributed by atoms with Gasteiger partial charge in [0.05, 0.1) is 17.6 Å². The second-order valence-corrected chi connectivity index (χ2v) is 14.9. The number of aryl methyl sites for hydroxylation is 1. The Morgan fingerprint density at radius 2 is 1.32 bits per heavy atom. The molecule has 0 radical (unpaired) electrons. The van der Waals surface area contributed by atoms with Crippen LogP contribution in [0.5, 0.6) is 0 Å². The lowest BCUT2D eigenvalue weighted by molar-refractivity contribution is -0.116. The predicted molar refractivity (Wildman–Crippen MR) is 227 cm³/mol. The monoisotopic (exact) mass is 794 g/mol. The smallest absolute Gasteiger partial charge is 0.341 e. The van der Waals surface area contributed by atoms with Crippen LogP contribution in [0.3, 0.4) is 0 Å². The summed E-state index contributed by atoms with van der Waals surface area (Å²) in [6.07, 6.45) is 1.63. The van der Waals surface area contributed by atoms with Gasteiger partial charge in [-0.1, -0.05) is 97.1 Å². The molecule has 5 aromatic carbocycles. The van der Waals surface area contributed by atoms with E-state index < -0.39 is 34.8 Å². The number of para-hydroxylation sites is 1. The second kappa shape index (κ2) is 18.7. The Morgan fingerprint density at radius 3 is 2.00 bits per heavy atom. The van der Waals surface area contributed by atoms with Crippen LogP contribution < -0.4 is 21.3 Å². The molecule has 0 aliphatic carbocycles. The van der Waals surface area contributed by atoms with Crippen molar-refractivity contribution in [2.75, 3.05) is 23.1 Å². The standard InChI is InChI=1S/C45H38N4O6S2/c1-28-16-13-14-21-32(28)26-36(48-40(50)31-19-9-5-10-20-31)41(51)47-34-24-15-25-35(27-34)56-39(30-17-7-4-8-18-30)43(53)49-44-37(45(54)55-3)29(2)38(57-44)42(52)46-33-22-11-6-12-23-33/h4-27,39H,1-3H3,(H,46,52)(H,47,51)(H,48,50)(H,49,53)/b36-26-. The minimum atomic E-state index is -0.826. The summed E-state index contributed by atoms with van der Waals surface area (Å²) in [4.78, 5) is 68.5. The summed E-state index contributed by atoms with van der Waals surface area (Å²) in [6.45, 7) is 3.55. The number of carbonyl (C=O) groups is 5. The van der Waals surface area contributed by atoms with Gasteiger partial charge in [0.15, 0.2) is 0 Å². The highest BCUT2D eigenvalue weighted by Gasteiger charge is 2.30. The van der Waals surface area contributed by atoms with E-state index in [0.29, 0.717) is 33.0 Å². The normalized spacial score (nSPS) is 11.5. The molecule has 4 N–H and O–H groups in total. The molecule has 0 aliphatic heterocycles. The number of amides is 4. The fraction of sp³-hybridized carbons (Fsp3) is 0.0889. The number of hydrogen-bond acceptors (Lipinski definition) is 8. The average Bonchev–Trinajstić information content (AvgIpc) is 3.56. The highest BCUT2D eigenvalue weighted by atomic mass is 32.2. The van der Waals surface area contributed by atoms with Crippen LogP contribution in [0.4, 0.5) is 16.4 Å². The summed E-state index contributed by atoms with van der Waals surface area (Å²) in [7, 11) is 1.24. The predicted octanol–water partition coefficient (Wildman–Crippen LogP) is 9.29. The fourth-order valence-electron chi connectivity index (χ4n) is 5.78. The van der Waals surface area contributed by atoms with Crippen molar-refractivity contribution in [3.8, 4) is 0 Å². The van der Waals surface area contributed by atoms with Crippen molar-refractivity contribution in [1.29, 1.82) is 0 Å². The third kappa shape index (κ3) is 10.1. The maximum absolute atomic E-state index is 14.2. The van der Waals surface area contributed by atoms with Crippen LogP contribution in [-0.2, 0) is 14.3 Å². The topological polar surface area (TPSA) is 143 Å². The third-order valence-electron chi connectivity index (χ3n) is 8.71. The number of hydrogen-bond donors (Lipinski definition) is 4. The molecule has 0 aliphatic rings. The highest BCUT2D eigenvalue weighted by Crippen LogP contribution is 2.40. The van der Waals surface area contributed by atoms with Gasteiger partial charge in [-0.3, -0.25) is 19.2 Å². The molecule has 0 fully saturated rings. The Labute approximate surface area is 338 Å². The molecular weight excluding hydrogens is 757 g/mol. The number of carbonyl (C=O) groups excluding carboxylic acids is 5. The van der Waals surface area contributed by atoms with Crippen molar-refractivity contribution >= 4 is 75.1 Å². The Morgan fingerprint density at radius 1 is 0.684 bits per heavy atom. The van der Waals surface area contributed by atoms with Crippen LogP contribution in [0.25, 0.3) is 6.08 Å². The van der Waals surface area contributed by atoms with E-state index >= 15 is 0 Å². The maximum Gasteiger partial charge on any atom is 0.341 e. The molecule has 1 aromatic heterocycles. The van der Waals surface area contributed by atoms with Crippen molar-refractivity contribution < 1.29 is 28.7 Å². The van der Waals surface area contributed by atoms with E-state index in [4.69, 9.17) is 4.74 Å². The lowest BCUT2D eigenvalue weighted by Crippen LogP contribution is -2.30. The summed E-state index contributed by atoms with van der Waals surface area (Å²) in [6, 6.07) is 41.2. The fourth-order valence-corrected chi connectivity index (χ4v) is 7.96. The van der Waals surface area contributed by atoms with Gasteiger partial charge in [-0.05, 0) is 84.6 Å². The van der Waals surface area contributed by atoms with Gasteiger partial charge in [0.25, 0.3) is 17.7 Å². The Hall–Kier alpha value is -6.76. The minimum absolute atomic E-state index is 0.0437. The van der Waals surface area contributed by atoms with Gasteiger partial charge < -0.3 is 26.0 Å². The average molecular weight is 795 g/mol. The first kappa shape index (κ1) is 39.9. The van der Waals surface area contributed by atoms with E-state index in [-0.39, 0.29) is 21.1 Å². The van der Waals surface area contributed by atoms with Crippen molar-refractivity contribution in [2.45, 2.75) is 24.0 Å². The summed E-state index contributed by atoms with van der Waals surface area (Å²) >= 11 is 2.22. The van der Waals surface area contributed by atoms with Crippen LogP contribution in [-0.4, -0.2) is 36.7 Å². The third-order valence-corrected chi connectivity index (χ3v) is 11.2. The number of ether oxygens (including phenoxy) is 1. The summed E-state index contributed by atoms with van der Waals surface area (Å²) in [5, 5.41) is 10.8. The number of nitrogens with one attached hydrogen (secondary N) is 4. The quantitative estimate of drug-likeness (QED) is 0.0519. The number of methoxy groups -OCH3 is 1. The van der Waals surface area contributed by atoms with E-state index in [9.17, 15) is 24.0 Å². The van der Waals surface area contributed by atoms with Crippen molar-refractivity contribution in [1.82, 2.24) is 5.32 Å². The molecule has 6 rings (SSSR count). The first-order chi connectivity index (χ1) is 27.6. The van der Waals surface area contributed by atoms with E-state index in [0.717, 1.165) is 22.5 Å². The Bertz CT molecular complexity index is 2450. The lowest BCUT2D eigenvalue weighted by atomic mass is 10.1. The van der Waals surface area contributed by atoms with E-state index in [1.807, 2.05) is 73.7 Å². The van der Waals surface area contributed by atoms with Gasteiger partial charge in [-0.2, -0.15) is 0 Å². The van der Waals surface area contributed by atoms with Gasteiger partial charge in [0, 0.05) is 21.8 Å². The zero-order valence-electron chi connectivity index (χ0n) is 31.2. The van der Waals surface area contributed by atoms with E-state index in [2.05, 4.69) is 21.3 Å². The minimum Gasteiger partial charge on any atom is -0.465 e. The number of esters is 1. The van der Waals surface area contributed by atoms with Crippen LogP contribution in [0.1, 0.15) is 57.9 Å². The molecule has 1 unspecified atom stereocenters. The summed E-state index contributed by atoms with van der Waals surface area (Å²) in [5.74, 6) is -2.56. The highest BCUT2D eigenvalue weighted by molar-refractivity contribution is 8.00. The zero-order valence-corrected chi connectivity index (χ0v) is 32.8.